The van der Waals surface area contributed by atoms with Crippen molar-refractivity contribution >= 4 is 23.3 Å². The number of nitrogens with zero attached hydrogens (tertiary/aromatic N) is 2. The van der Waals surface area contributed by atoms with Crippen molar-refractivity contribution in [1.29, 1.82) is 0 Å². The quantitative estimate of drug-likeness (QED) is 0.677. The molecule has 0 aliphatic carbocycles. The minimum atomic E-state index is -0.624. The Hall–Kier alpha value is -2.31. The minimum Gasteiger partial charge on any atom is -0.397 e. The molecule has 0 aromatic carbocycles. The predicted octanol–water partition coefficient (Wildman–Crippen LogP) is -0.276. The molecule has 0 aliphatic heterocycles. The van der Waals surface area contributed by atoms with Crippen molar-refractivity contribution in [3.05, 3.63) is 17.8 Å². The first-order valence-corrected chi connectivity index (χ1v) is 5.87. The summed E-state index contributed by atoms with van der Waals surface area (Å²) in [5, 5.41) is 2.77. The molecule has 0 saturated heterocycles. The summed E-state index contributed by atoms with van der Waals surface area (Å²) in [6, 6.07) is 1.54. The molecule has 1 aromatic heterocycles. The highest BCUT2D eigenvalue weighted by Crippen LogP contribution is 2.16. The van der Waals surface area contributed by atoms with Gasteiger partial charge in [-0.25, -0.2) is 4.98 Å². The average molecular weight is 265 g/mol. The van der Waals surface area contributed by atoms with Crippen LogP contribution in [0.1, 0.15) is 24.2 Å². The van der Waals surface area contributed by atoms with Crippen LogP contribution in [0, 0.1) is 0 Å². The van der Waals surface area contributed by atoms with E-state index in [2.05, 4.69) is 10.3 Å². The Kier molecular flexibility index (Phi) is 4.68. The lowest BCUT2D eigenvalue weighted by atomic mass is 10.2. The molecule has 0 aliphatic rings. The van der Waals surface area contributed by atoms with E-state index >= 15 is 0 Å². The van der Waals surface area contributed by atoms with E-state index in [0.29, 0.717) is 5.82 Å². The van der Waals surface area contributed by atoms with E-state index in [9.17, 15) is 9.59 Å². The van der Waals surface area contributed by atoms with Gasteiger partial charge in [0.05, 0.1) is 24.0 Å². The van der Waals surface area contributed by atoms with Crippen LogP contribution in [0.15, 0.2) is 12.3 Å². The second kappa shape index (κ2) is 6.03. The Morgan fingerprint density at radius 1 is 1.47 bits per heavy atom. The number of aromatic nitrogens is 1. The van der Waals surface area contributed by atoms with E-state index in [1.54, 1.807) is 11.9 Å². The number of likely N-dealkylation sites (N-methyl/N-ethyl adjacent to an activating group) is 1. The van der Waals surface area contributed by atoms with Crippen LogP contribution in [0.5, 0.6) is 0 Å². The lowest BCUT2D eigenvalue weighted by Crippen LogP contribution is -2.38. The molecular weight excluding hydrogens is 246 g/mol. The molecule has 1 aromatic rings. The van der Waals surface area contributed by atoms with Crippen molar-refractivity contribution in [3.8, 4) is 0 Å². The zero-order valence-electron chi connectivity index (χ0n) is 11.3. The number of carbonyl (C=O) groups excluding carboxylic acids is 2. The lowest BCUT2D eigenvalue weighted by Gasteiger charge is -2.19. The summed E-state index contributed by atoms with van der Waals surface area (Å²) in [6.07, 6.45) is 1.35. The summed E-state index contributed by atoms with van der Waals surface area (Å²) in [5.41, 5.74) is 11.2. The van der Waals surface area contributed by atoms with Crippen molar-refractivity contribution < 1.29 is 9.59 Å². The van der Waals surface area contributed by atoms with Gasteiger partial charge in [0, 0.05) is 13.1 Å². The van der Waals surface area contributed by atoms with Gasteiger partial charge in [0.25, 0.3) is 5.91 Å². The molecule has 0 spiro atoms. The van der Waals surface area contributed by atoms with E-state index in [0.717, 1.165) is 0 Å². The van der Waals surface area contributed by atoms with Crippen LogP contribution < -0.4 is 21.7 Å². The molecule has 5 N–H and O–H groups in total. The fourth-order valence-electron chi connectivity index (χ4n) is 1.54. The van der Waals surface area contributed by atoms with Crippen molar-refractivity contribution in [2.45, 2.75) is 19.9 Å². The summed E-state index contributed by atoms with van der Waals surface area (Å²) >= 11 is 0. The Morgan fingerprint density at radius 3 is 2.63 bits per heavy atom. The Bertz CT molecular complexity index is 487. The first-order chi connectivity index (χ1) is 8.81. The van der Waals surface area contributed by atoms with Crippen LogP contribution in [0.25, 0.3) is 0 Å². The summed E-state index contributed by atoms with van der Waals surface area (Å²) < 4.78 is 0. The third-order valence-corrected chi connectivity index (χ3v) is 2.41. The maximum Gasteiger partial charge on any atom is 0.250 e. The molecule has 0 saturated carbocycles. The van der Waals surface area contributed by atoms with E-state index in [1.165, 1.54) is 12.3 Å². The molecule has 0 bridgehead atoms. The van der Waals surface area contributed by atoms with Crippen LogP contribution in [0.3, 0.4) is 0 Å². The summed E-state index contributed by atoms with van der Waals surface area (Å²) in [7, 11) is 1.70. The number of pyridine rings is 1. The lowest BCUT2D eigenvalue weighted by molar-refractivity contribution is -0.120. The largest absolute Gasteiger partial charge is 0.397 e. The molecule has 0 fully saturated rings. The molecule has 19 heavy (non-hydrogen) atoms. The van der Waals surface area contributed by atoms with Gasteiger partial charge < -0.3 is 21.7 Å². The highest BCUT2D eigenvalue weighted by molar-refractivity contribution is 5.98. The van der Waals surface area contributed by atoms with Crippen molar-refractivity contribution in [1.82, 2.24) is 10.3 Å². The minimum absolute atomic E-state index is 0.0708. The van der Waals surface area contributed by atoms with Gasteiger partial charge in [-0.1, -0.05) is 0 Å². The number of hydrogen-bond acceptors (Lipinski definition) is 5. The standard InChI is InChI=1S/C12H19N5O2/c1-7(2)16-11(18)6-17(3)10-4-8(12(14)19)9(13)5-15-10/h4-5,7H,6,13H2,1-3H3,(H2,14,19)(H,16,18). The Morgan fingerprint density at radius 2 is 2.11 bits per heavy atom. The number of nitrogen functional groups attached to an aromatic ring is 1. The van der Waals surface area contributed by atoms with Crippen LogP contribution in [-0.2, 0) is 4.79 Å². The van der Waals surface area contributed by atoms with Gasteiger partial charge in [-0.05, 0) is 19.9 Å². The molecule has 0 radical (unpaired) electrons. The second-order valence-corrected chi connectivity index (χ2v) is 4.57. The van der Waals surface area contributed by atoms with Crippen molar-refractivity contribution in [2.75, 3.05) is 24.2 Å². The van der Waals surface area contributed by atoms with Crippen LogP contribution >= 0.6 is 0 Å². The molecule has 2 amide bonds. The smallest absolute Gasteiger partial charge is 0.250 e. The first kappa shape index (κ1) is 14.7. The zero-order valence-corrected chi connectivity index (χ0v) is 11.3. The molecule has 0 unspecified atom stereocenters. The fourth-order valence-corrected chi connectivity index (χ4v) is 1.54. The number of primary amides is 1. The molecule has 1 heterocycles. The van der Waals surface area contributed by atoms with Gasteiger partial charge in [-0.3, -0.25) is 9.59 Å². The number of anilines is 2. The van der Waals surface area contributed by atoms with E-state index in [4.69, 9.17) is 11.5 Å². The molecule has 7 nitrogen and oxygen atoms in total. The molecule has 7 heteroatoms. The molecule has 0 atom stereocenters. The van der Waals surface area contributed by atoms with Gasteiger partial charge in [-0.15, -0.1) is 0 Å². The second-order valence-electron chi connectivity index (χ2n) is 4.57. The normalized spacial score (nSPS) is 10.3. The Labute approximate surface area is 112 Å². The Balaban J connectivity index is 2.83. The van der Waals surface area contributed by atoms with E-state index in [-0.39, 0.29) is 29.7 Å². The zero-order chi connectivity index (χ0) is 14.6. The number of nitrogens with two attached hydrogens (primary N) is 2. The van der Waals surface area contributed by atoms with Gasteiger partial charge in [0.15, 0.2) is 0 Å². The topological polar surface area (TPSA) is 114 Å². The summed E-state index contributed by atoms with van der Waals surface area (Å²) in [4.78, 5) is 28.5. The number of amides is 2. The average Bonchev–Trinajstić information content (AvgIpc) is 2.27. The summed E-state index contributed by atoms with van der Waals surface area (Å²) in [5.74, 6) is -0.292. The van der Waals surface area contributed by atoms with Gasteiger partial charge >= 0.3 is 0 Å². The van der Waals surface area contributed by atoms with Crippen LogP contribution in [-0.4, -0.2) is 36.4 Å². The van der Waals surface area contributed by atoms with Crippen molar-refractivity contribution in [3.63, 3.8) is 0 Å². The highest BCUT2D eigenvalue weighted by Gasteiger charge is 2.13. The predicted molar refractivity (Wildman–Crippen MR) is 73.7 cm³/mol. The maximum atomic E-state index is 11.6. The summed E-state index contributed by atoms with van der Waals surface area (Å²) in [6.45, 7) is 3.89. The highest BCUT2D eigenvalue weighted by atomic mass is 16.2. The third-order valence-electron chi connectivity index (χ3n) is 2.41. The maximum absolute atomic E-state index is 11.6. The number of rotatable bonds is 5. The fraction of sp³-hybridized carbons (Fsp3) is 0.417. The third kappa shape index (κ3) is 4.13. The van der Waals surface area contributed by atoms with Gasteiger partial charge in [0.2, 0.25) is 5.91 Å². The van der Waals surface area contributed by atoms with E-state index < -0.39 is 5.91 Å². The first-order valence-electron chi connectivity index (χ1n) is 5.87. The van der Waals surface area contributed by atoms with E-state index in [1.807, 2.05) is 13.8 Å². The number of nitrogens with one attached hydrogen (secondary N) is 1. The van der Waals surface area contributed by atoms with Crippen LogP contribution in [0.4, 0.5) is 11.5 Å². The van der Waals surface area contributed by atoms with Crippen LogP contribution in [0.2, 0.25) is 0 Å². The van der Waals surface area contributed by atoms with Crippen molar-refractivity contribution in [2.24, 2.45) is 5.73 Å². The van der Waals surface area contributed by atoms with Gasteiger partial charge in [0.1, 0.15) is 5.82 Å². The monoisotopic (exact) mass is 265 g/mol. The molecule has 1 rings (SSSR count). The molecule has 104 valence electrons. The SMILES string of the molecule is CC(C)NC(=O)CN(C)c1cc(C(N)=O)c(N)cn1. The number of carbonyl (C=O) groups is 2. The van der Waals surface area contributed by atoms with Gasteiger partial charge in [-0.2, -0.15) is 0 Å². The molecular formula is C12H19N5O2. The number of hydrogen-bond donors (Lipinski definition) is 3.